The summed E-state index contributed by atoms with van der Waals surface area (Å²) in [4.78, 5) is 17.4. The van der Waals surface area contributed by atoms with Crippen LogP contribution in [0.1, 0.15) is 30.9 Å². The first-order valence-electron chi connectivity index (χ1n) is 10.9. The summed E-state index contributed by atoms with van der Waals surface area (Å²) >= 11 is 1.31. The van der Waals surface area contributed by atoms with Crippen LogP contribution in [0.25, 0.3) is 22.5 Å². The third kappa shape index (κ3) is 5.53. The standard InChI is InChI=1S/C25H28N4O2S/c1-16-6-10-19(11-7-16)22-23(20-12-8-17(2)9-13-20)28-29-25(27-22)32-18(3)24(30)26-15-21-5-4-14-31-21/h6-13,18,21H,4-5,14-15H2,1-3H3,(H,26,30)/t18-,21-/m0/s1. The van der Waals surface area contributed by atoms with Crippen molar-refractivity contribution in [2.45, 2.75) is 50.1 Å². The quantitative estimate of drug-likeness (QED) is 0.533. The van der Waals surface area contributed by atoms with Crippen LogP contribution in [-0.2, 0) is 9.53 Å². The number of amides is 1. The monoisotopic (exact) mass is 448 g/mol. The Morgan fingerprint density at radius 1 is 1.03 bits per heavy atom. The van der Waals surface area contributed by atoms with Crippen LogP contribution in [0.3, 0.4) is 0 Å². The van der Waals surface area contributed by atoms with Crippen LogP contribution in [0.5, 0.6) is 0 Å². The van der Waals surface area contributed by atoms with E-state index in [1.54, 1.807) is 0 Å². The zero-order chi connectivity index (χ0) is 22.5. The molecule has 4 rings (SSSR count). The number of benzene rings is 2. The average molecular weight is 449 g/mol. The molecule has 6 nitrogen and oxygen atoms in total. The number of aromatic nitrogens is 3. The Morgan fingerprint density at radius 2 is 1.66 bits per heavy atom. The van der Waals surface area contributed by atoms with Crippen molar-refractivity contribution in [3.63, 3.8) is 0 Å². The molecule has 7 heteroatoms. The minimum Gasteiger partial charge on any atom is -0.376 e. The molecular formula is C25H28N4O2S. The number of nitrogens with one attached hydrogen (secondary N) is 1. The zero-order valence-corrected chi connectivity index (χ0v) is 19.5. The SMILES string of the molecule is Cc1ccc(-c2nnc(S[C@@H](C)C(=O)NC[C@@H]3CCCO3)nc2-c2ccc(C)cc2)cc1. The van der Waals surface area contributed by atoms with E-state index in [4.69, 9.17) is 9.72 Å². The third-order valence-electron chi connectivity index (χ3n) is 5.50. The molecule has 0 bridgehead atoms. The highest BCUT2D eigenvalue weighted by Crippen LogP contribution is 2.31. The lowest BCUT2D eigenvalue weighted by Gasteiger charge is -2.15. The molecule has 1 amide bonds. The molecule has 3 aromatic rings. The van der Waals surface area contributed by atoms with Crippen molar-refractivity contribution < 1.29 is 9.53 Å². The normalized spacial score (nSPS) is 16.7. The van der Waals surface area contributed by atoms with Gasteiger partial charge in [0.25, 0.3) is 0 Å². The molecule has 1 aliphatic rings. The number of hydrogen-bond donors (Lipinski definition) is 1. The predicted octanol–water partition coefficient (Wildman–Crippen LogP) is 4.60. The van der Waals surface area contributed by atoms with Crippen LogP contribution < -0.4 is 5.32 Å². The van der Waals surface area contributed by atoms with Gasteiger partial charge in [0.05, 0.1) is 11.4 Å². The second kappa shape index (κ2) is 10.2. The van der Waals surface area contributed by atoms with Crippen LogP contribution in [0, 0.1) is 13.8 Å². The molecule has 0 unspecified atom stereocenters. The second-order valence-electron chi connectivity index (χ2n) is 8.16. The Morgan fingerprint density at radius 3 is 2.25 bits per heavy atom. The fraction of sp³-hybridized carbons (Fsp3) is 0.360. The van der Waals surface area contributed by atoms with E-state index in [2.05, 4.69) is 53.6 Å². The summed E-state index contributed by atoms with van der Waals surface area (Å²) in [5, 5.41) is 12.0. The fourth-order valence-electron chi connectivity index (χ4n) is 3.55. The molecule has 2 atom stereocenters. The van der Waals surface area contributed by atoms with E-state index in [9.17, 15) is 4.79 Å². The lowest BCUT2D eigenvalue weighted by atomic mass is 10.0. The van der Waals surface area contributed by atoms with E-state index in [-0.39, 0.29) is 17.3 Å². The molecule has 0 radical (unpaired) electrons. The highest BCUT2D eigenvalue weighted by atomic mass is 32.2. The molecule has 166 valence electrons. The summed E-state index contributed by atoms with van der Waals surface area (Å²) in [6, 6.07) is 16.4. The molecule has 1 aromatic heterocycles. The van der Waals surface area contributed by atoms with Crippen molar-refractivity contribution in [2.75, 3.05) is 13.2 Å². The van der Waals surface area contributed by atoms with Gasteiger partial charge in [-0.2, -0.15) is 0 Å². The van der Waals surface area contributed by atoms with Gasteiger partial charge in [-0.15, -0.1) is 10.2 Å². The Labute approximate surface area is 193 Å². The Kier molecular flexibility index (Phi) is 7.17. The first-order chi connectivity index (χ1) is 15.5. The van der Waals surface area contributed by atoms with Crippen LogP contribution in [0.15, 0.2) is 53.7 Å². The minimum absolute atomic E-state index is 0.0476. The van der Waals surface area contributed by atoms with Crippen LogP contribution in [0.2, 0.25) is 0 Å². The van der Waals surface area contributed by atoms with Crippen molar-refractivity contribution in [3.05, 3.63) is 59.7 Å². The van der Waals surface area contributed by atoms with Crippen molar-refractivity contribution in [3.8, 4) is 22.5 Å². The molecule has 1 saturated heterocycles. The van der Waals surface area contributed by atoms with Gasteiger partial charge in [-0.1, -0.05) is 71.4 Å². The van der Waals surface area contributed by atoms with Crippen molar-refractivity contribution in [1.29, 1.82) is 0 Å². The maximum absolute atomic E-state index is 12.6. The smallest absolute Gasteiger partial charge is 0.233 e. The lowest BCUT2D eigenvalue weighted by molar-refractivity contribution is -0.120. The van der Waals surface area contributed by atoms with E-state index < -0.39 is 0 Å². The highest BCUT2D eigenvalue weighted by Gasteiger charge is 2.21. The topological polar surface area (TPSA) is 77.0 Å². The number of carbonyl (C=O) groups is 1. The second-order valence-corrected chi connectivity index (χ2v) is 9.47. The molecule has 0 spiro atoms. The van der Waals surface area contributed by atoms with Gasteiger partial charge in [0.15, 0.2) is 0 Å². The Hall–Kier alpha value is -2.77. The van der Waals surface area contributed by atoms with Crippen LogP contribution >= 0.6 is 11.8 Å². The van der Waals surface area contributed by atoms with Crippen molar-refractivity contribution in [1.82, 2.24) is 20.5 Å². The van der Waals surface area contributed by atoms with Gasteiger partial charge in [-0.05, 0) is 33.6 Å². The number of ether oxygens (including phenoxy) is 1. The van der Waals surface area contributed by atoms with E-state index >= 15 is 0 Å². The summed E-state index contributed by atoms with van der Waals surface area (Å²) in [7, 11) is 0. The molecule has 1 fully saturated rings. The summed E-state index contributed by atoms with van der Waals surface area (Å²) in [5.41, 5.74) is 5.79. The fourth-order valence-corrected chi connectivity index (χ4v) is 4.29. The van der Waals surface area contributed by atoms with Crippen LogP contribution in [0.4, 0.5) is 0 Å². The van der Waals surface area contributed by atoms with Gasteiger partial charge >= 0.3 is 0 Å². The van der Waals surface area contributed by atoms with Gasteiger partial charge in [0, 0.05) is 24.3 Å². The summed E-state index contributed by atoms with van der Waals surface area (Å²) in [6.07, 6.45) is 2.17. The van der Waals surface area contributed by atoms with E-state index in [0.717, 1.165) is 42.0 Å². The number of thioether (sulfide) groups is 1. The third-order valence-corrected chi connectivity index (χ3v) is 6.45. The molecule has 2 heterocycles. The Balaban J connectivity index is 1.56. The molecular weight excluding hydrogens is 420 g/mol. The molecule has 32 heavy (non-hydrogen) atoms. The number of nitrogens with zero attached hydrogens (tertiary/aromatic N) is 3. The average Bonchev–Trinajstić information content (AvgIpc) is 3.32. The summed E-state index contributed by atoms with van der Waals surface area (Å²) in [5.74, 6) is -0.0476. The van der Waals surface area contributed by atoms with Gasteiger partial charge < -0.3 is 10.1 Å². The highest BCUT2D eigenvalue weighted by molar-refractivity contribution is 8.00. The molecule has 1 aliphatic heterocycles. The first-order valence-corrected chi connectivity index (χ1v) is 11.8. The number of rotatable bonds is 7. The van der Waals surface area contributed by atoms with E-state index in [0.29, 0.717) is 11.7 Å². The van der Waals surface area contributed by atoms with E-state index in [1.165, 1.54) is 22.9 Å². The number of aryl methyl sites for hydroxylation is 2. The largest absolute Gasteiger partial charge is 0.376 e. The minimum atomic E-state index is -0.339. The number of hydrogen-bond acceptors (Lipinski definition) is 6. The predicted molar refractivity (Wildman–Crippen MR) is 127 cm³/mol. The van der Waals surface area contributed by atoms with E-state index in [1.807, 2.05) is 31.2 Å². The lowest BCUT2D eigenvalue weighted by Crippen LogP contribution is -2.36. The molecule has 2 aromatic carbocycles. The first kappa shape index (κ1) is 22.4. The van der Waals surface area contributed by atoms with Gasteiger partial charge in [-0.25, -0.2) is 4.98 Å². The van der Waals surface area contributed by atoms with Crippen LogP contribution in [-0.4, -0.2) is 45.6 Å². The van der Waals surface area contributed by atoms with Crippen molar-refractivity contribution in [2.24, 2.45) is 0 Å². The molecule has 0 aliphatic carbocycles. The van der Waals surface area contributed by atoms with Gasteiger partial charge in [-0.3, -0.25) is 4.79 Å². The molecule has 1 N–H and O–H groups in total. The zero-order valence-electron chi connectivity index (χ0n) is 18.7. The van der Waals surface area contributed by atoms with Gasteiger partial charge in [0.2, 0.25) is 11.1 Å². The molecule has 0 saturated carbocycles. The number of carbonyl (C=O) groups excluding carboxylic acids is 1. The maximum atomic E-state index is 12.6. The summed E-state index contributed by atoms with van der Waals surface area (Å²) < 4.78 is 5.58. The van der Waals surface area contributed by atoms with Crippen molar-refractivity contribution >= 4 is 17.7 Å². The summed E-state index contributed by atoms with van der Waals surface area (Å²) in [6.45, 7) is 7.29. The Bertz CT molecular complexity index is 1060. The maximum Gasteiger partial charge on any atom is 0.233 e. The van der Waals surface area contributed by atoms with Gasteiger partial charge in [0.1, 0.15) is 11.4 Å².